The first-order valence-corrected chi connectivity index (χ1v) is 8.89. The molecule has 2 heterocycles. The average Bonchev–Trinajstić information content (AvgIpc) is 3.07. The molecule has 1 atom stereocenters. The van der Waals surface area contributed by atoms with Crippen LogP contribution < -0.4 is 10.6 Å². The lowest BCUT2D eigenvalue weighted by atomic mass is 10.1. The lowest BCUT2D eigenvalue weighted by Gasteiger charge is -2.16. The van der Waals surface area contributed by atoms with E-state index < -0.39 is 0 Å². The fourth-order valence-corrected chi connectivity index (χ4v) is 3.20. The van der Waals surface area contributed by atoms with Crippen molar-refractivity contribution in [2.24, 2.45) is 5.92 Å². The van der Waals surface area contributed by atoms with E-state index in [1.165, 1.54) is 11.1 Å². The third-order valence-corrected chi connectivity index (χ3v) is 4.71. The third-order valence-electron chi connectivity index (χ3n) is 4.71. The normalized spacial score (nSPS) is 17.4. The molecule has 1 fully saturated rings. The number of nitrogens with one attached hydrogen (secondary N) is 2. The quantitative estimate of drug-likeness (QED) is 0.814. The topological polar surface area (TPSA) is 57.3 Å². The van der Waals surface area contributed by atoms with E-state index in [0.29, 0.717) is 19.0 Å². The van der Waals surface area contributed by atoms with Crippen molar-refractivity contribution < 1.29 is 4.79 Å². The Morgan fingerprint density at radius 3 is 2.88 bits per heavy atom. The smallest absolute Gasteiger partial charge is 0.234 e. The van der Waals surface area contributed by atoms with Crippen molar-refractivity contribution in [3.05, 3.63) is 59.8 Å². The Kier molecular flexibility index (Phi) is 6.01. The second kappa shape index (κ2) is 8.62. The van der Waals surface area contributed by atoms with Crippen molar-refractivity contribution in [1.29, 1.82) is 0 Å². The first-order valence-electron chi connectivity index (χ1n) is 8.89. The number of pyridine rings is 1. The van der Waals surface area contributed by atoms with E-state index >= 15 is 0 Å². The van der Waals surface area contributed by atoms with Gasteiger partial charge in [0, 0.05) is 25.8 Å². The molecule has 5 nitrogen and oxygen atoms in total. The highest BCUT2D eigenvalue weighted by molar-refractivity contribution is 5.78. The minimum absolute atomic E-state index is 0.0987. The second-order valence-corrected chi connectivity index (χ2v) is 6.69. The van der Waals surface area contributed by atoms with E-state index in [9.17, 15) is 4.79 Å². The standard InChI is InChI=1S/C20H26N4O/c1-16-6-2-3-7-18(16)13-23-20(25)15-24-11-9-17(14-24)12-22-19-8-4-5-10-21-19/h2-8,10,17H,9,11-15H2,1H3,(H,21,22)(H,23,25). The Labute approximate surface area is 149 Å². The predicted molar refractivity (Wildman–Crippen MR) is 100 cm³/mol. The zero-order valence-electron chi connectivity index (χ0n) is 14.7. The van der Waals surface area contributed by atoms with E-state index in [4.69, 9.17) is 0 Å². The molecule has 1 unspecified atom stereocenters. The van der Waals surface area contributed by atoms with E-state index in [0.717, 1.165) is 31.9 Å². The number of rotatable bonds is 7. The van der Waals surface area contributed by atoms with Crippen LogP contribution in [0.25, 0.3) is 0 Å². The molecule has 1 saturated heterocycles. The zero-order chi connectivity index (χ0) is 17.5. The van der Waals surface area contributed by atoms with E-state index in [1.54, 1.807) is 6.20 Å². The molecule has 0 radical (unpaired) electrons. The number of likely N-dealkylation sites (tertiary alicyclic amines) is 1. The Balaban J connectivity index is 1.37. The molecule has 2 N–H and O–H groups in total. The Bertz CT molecular complexity index is 689. The maximum absolute atomic E-state index is 12.2. The zero-order valence-corrected chi connectivity index (χ0v) is 14.7. The first kappa shape index (κ1) is 17.4. The highest BCUT2D eigenvalue weighted by Crippen LogP contribution is 2.16. The number of carbonyl (C=O) groups is 1. The number of hydrogen-bond donors (Lipinski definition) is 2. The number of benzene rings is 1. The summed E-state index contributed by atoms with van der Waals surface area (Å²) in [5.41, 5.74) is 2.39. The molecule has 132 valence electrons. The molecular weight excluding hydrogens is 312 g/mol. The van der Waals surface area contributed by atoms with Crippen molar-refractivity contribution in [3.63, 3.8) is 0 Å². The maximum atomic E-state index is 12.2. The summed E-state index contributed by atoms with van der Waals surface area (Å²) < 4.78 is 0. The second-order valence-electron chi connectivity index (χ2n) is 6.69. The van der Waals surface area contributed by atoms with Crippen LogP contribution in [0.3, 0.4) is 0 Å². The first-order chi connectivity index (χ1) is 12.2. The van der Waals surface area contributed by atoms with E-state index in [1.807, 2.05) is 30.3 Å². The van der Waals surface area contributed by atoms with Gasteiger partial charge in [-0.3, -0.25) is 9.69 Å². The van der Waals surface area contributed by atoms with Crippen molar-refractivity contribution in [2.45, 2.75) is 19.9 Å². The molecule has 25 heavy (non-hydrogen) atoms. The van der Waals surface area contributed by atoms with Gasteiger partial charge in [-0.05, 0) is 49.1 Å². The van der Waals surface area contributed by atoms with Gasteiger partial charge in [-0.15, -0.1) is 0 Å². The highest BCUT2D eigenvalue weighted by Gasteiger charge is 2.23. The van der Waals surface area contributed by atoms with Crippen LogP contribution >= 0.6 is 0 Å². The Hall–Kier alpha value is -2.40. The minimum atomic E-state index is 0.0987. The summed E-state index contributed by atoms with van der Waals surface area (Å²) in [5.74, 6) is 1.57. The molecule has 1 aliphatic heterocycles. The van der Waals surface area contributed by atoms with Gasteiger partial charge in [-0.1, -0.05) is 30.3 Å². The summed E-state index contributed by atoms with van der Waals surface area (Å²) in [6, 6.07) is 14.0. The maximum Gasteiger partial charge on any atom is 0.234 e. The number of carbonyl (C=O) groups excluding carboxylic acids is 1. The van der Waals surface area contributed by atoms with E-state index in [-0.39, 0.29) is 5.91 Å². The molecule has 0 saturated carbocycles. The molecule has 1 aromatic heterocycles. The van der Waals surface area contributed by atoms with Gasteiger partial charge in [-0.2, -0.15) is 0 Å². The lowest BCUT2D eigenvalue weighted by Crippen LogP contribution is -2.36. The average molecular weight is 338 g/mol. The predicted octanol–water partition coefficient (Wildman–Crippen LogP) is 2.44. The molecule has 0 aliphatic carbocycles. The lowest BCUT2D eigenvalue weighted by molar-refractivity contribution is -0.122. The van der Waals surface area contributed by atoms with Gasteiger partial charge in [0.05, 0.1) is 6.54 Å². The van der Waals surface area contributed by atoms with Crippen molar-refractivity contribution in [2.75, 3.05) is 31.5 Å². The molecule has 1 aliphatic rings. The number of aryl methyl sites for hydroxylation is 1. The number of nitrogens with zero attached hydrogens (tertiary/aromatic N) is 2. The third kappa shape index (κ3) is 5.29. The van der Waals surface area contributed by atoms with Gasteiger partial charge in [0.1, 0.15) is 5.82 Å². The summed E-state index contributed by atoms with van der Waals surface area (Å²) in [5, 5.41) is 6.41. The van der Waals surface area contributed by atoms with Gasteiger partial charge in [0.2, 0.25) is 5.91 Å². The van der Waals surface area contributed by atoms with Gasteiger partial charge in [0.15, 0.2) is 0 Å². The van der Waals surface area contributed by atoms with Crippen molar-refractivity contribution in [3.8, 4) is 0 Å². The fraction of sp³-hybridized carbons (Fsp3) is 0.400. The van der Waals surface area contributed by atoms with Crippen LogP contribution in [0.2, 0.25) is 0 Å². The molecule has 5 heteroatoms. The van der Waals surface area contributed by atoms with Crippen molar-refractivity contribution >= 4 is 11.7 Å². The number of aromatic nitrogens is 1. The van der Waals surface area contributed by atoms with Crippen LogP contribution in [-0.2, 0) is 11.3 Å². The molecular formula is C20H26N4O. The molecule has 0 spiro atoms. The molecule has 3 rings (SSSR count). The number of amides is 1. The van der Waals surface area contributed by atoms with Crippen LogP contribution in [0.4, 0.5) is 5.82 Å². The molecule has 0 bridgehead atoms. The Morgan fingerprint density at radius 2 is 2.08 bits per heavy atom. The molecule has 1 amide bonds. The van der Waals surface area contributed by atoms with Crippen molar-refractivity contribution in [1.82, 2.24) is 15.2 Å². The van der Waals surface area contributed by atoms with Crippen LogP contribution in [-0.4, -0.2) is 42.0 Å². The van der Waals surface area contributed by atoms with Gasteiger partial charge >= 0.3 is 0 Å². The highest BCUT2D eigenvalue weighted by atomic mass is 16.2. The fourth-order valence-electron chi connectivity index (χ4n) is 3.20. The van der Waals surface area contributed by atoms with Crippen LogP contribution in [0, 0.1) is 12.8 Å². The SMILES string of the molecule is Cc1ccccc1CNC(=O)CN1CCC(CNc2ccccn2)C1. The van der Waals surface area contributed by atoms with Crippen LogP contribution in [0.15, 0.2) is 48.7 Å². The van der Waals surface area contributed by atoms with E-state index in [2.05, 4.69) is 39.6 Å². The Morgan fingerprint density at radius 1 is 1.24 bits per heavy atom. The van der Waals surface area contributed by atoms with Gasteiger partial charge < -0.3 is 10.6 Å². The summed E-state index contributed by atoms with van der Waals surface area (Å²) >= 11 is 0. The molecule has 2 aromatic rings. The number of hydrogen-bond acceptors (Lipinski definition) is 4. The largest absolute Gasteiger partial charge is 0.370 e. The van der Waals surface area contributed by atoms with Gasteiger partial charge in [0.25, 0.3) is 0 Å². The summed E-state index contributed by atoms with van der Waals surface area (Å²) in [6.45, 7) is 5.99. The number of anilines is 1. The van der Waals surface area contributed by atoms with Crippen LogP contribution in [0.1, 0.15) is 17.5 Å². The van der Waals surface area contributed by atoms with Gasteiger partial charge in [-0.25, -0.2) is 4.98 Å². The monoisotopic (exact) mass is 338 g/mol. The minimum Gasteiger partial charge on any atom is -0.370 e. The molecule has 1 aromatic carbocycles. The summed E-state index contributed by atoms with van der Waals surface area (Å²) in [6.07, 6.45) is 2.91. The summed E-state index contributed by atoms with van der Waals surface area (Å²) in [4.78, 5) is 18.7. The van der Waals surface area contributed by atoms with Crippen LogP contribution in [0.5, 0.6) is 0 Å². The summed E-state index contributed by atoms with van der Waals surface area (Å²) in [7, 11) is 0.